The Hall–Kier alpha value is -3.84. The third kappa shape index (κ3) is 26.6. The number of sulfone groups is 2. The number of nitrogen functional groups attached to an aromatic ring is 1. The standard InChI is InChI=1S/C27H25N4O7S2.C25H23N5O13S4.5Na.O3S/c1-3-19-6-13-24-23(14-15-25(27(24)32)30-28-20-7-4-18(2)5-8-20)26(19)31-29-21-9-11-22(12-10-21)39(33,34)17-16-38-40(35,36)37;1-14-2-4-16(5-3-14)27-29-23-19(45(34,35)36)12-15-13-20(46(37,38)39)24(25(31)21(15)22(23)26)30-28-17-6-8-18(9-7-17)44(32,33)11-10-43-47(40,41)42;;;;;;1-4(2)3/h4-14,28H,3,16-17H2,1-2H3,(H,35,36,37);2-9,12-13,31H,10-11,26H2,1H3,(H,34,35,36)(H,37,38,39)(H,40,41,42);;;;;;/q-1;;5*+1;/p-4. The number of phenols is 1. The average Bonchev–Trinajstić information content (AvgIpc) is 0.736. The number of aromatic hydroxyl groups is 1. The van der Waals surface area contributed by atoms with E-state index in [0.29, 0.717) is 41.1 Å². The summed E-state index contributed by atoms with van der Waals surface area (Å²) in [6.45, 7) is 3.99. The van der Waals surface area contributed by atoms with E-state index in [1.54, 1.807) is 37.3 Å². The van der Waals surface area contributed by atoms with Crippen molar-refractivity contribution in [1.29, 1.82) is 0 Å². The molecular formula is C52H44N9Na5O23S7. The van der Waals surface area contributed by atoms with E-state index in [1.807, 2.05) is 38.1 Å². The number of aryl methyl sites for hydroxylation is 3. The molecule has 482 valence electrons. The van der Waals surface area contributed by atoms with Gasteiger partial charge in [0.05, 0.1) is 83.9 Å². The fourth-order valence-electron chi connectivity index (χ4n) is 7.76. The molecule has 4 N–H and O–H groups in total. The van der Waals surface area contributed by atoms with Crippen LogP contribution in [0.2, 0.25) is 0 Å². The van der Waals surface area contributed by atoms with E-state index >= 15 is 0 Å². The second-order valence-electron chi connectivity index (χ2n) is 18.4. The first kappa shape index (κ1) is 90.2. The second kappa shape index (κ2) is 38.8. The van der Waals surface area contributed by atoms with Gasteiger partial charge >= 0.3 is 158 Å². The molecule has 0 atom stereocenters. The van der Waals surface area contributed by atoms with E-state index in [4.69, 9.17) is 18.4 Å². The van der Waals surface area contributed by atoms with E-state index in [2.05, 4.69) is 55.7 Å². The molecule has 0 aromatic heterocycles. The maximum Gasteiger partial charge on any atom is 1.00 e. The summed E-state index contributed by atoms with van der Waals surface area (Å²) in [6.07, 6.45) is 5.19. The Morgan fingerprint density at radius 3 is 1.34 bits per heavy atom. The van der Waals surface area contributed by atoms with Crippen LogP contribution in [-0.4, -0.2) is 123 Å². The van der Waals surface area contributed by atoms with Crippen LogP contribution < -0.4 is 159 Å². The third-order valence-corrected chi connectivity index (χ3v) is 18.1. The molecule has 0 aliphatic heterocycles. The zero-order chi connectivity index (χ0) is 67.4. The molecule has 1 aliphatic carbocycles. The van der Waals surface area contributed by atoms with Crippen molar-refractivity contribution in [1.82, 2.24) is 0 Å². The van der Waals surface area contributed by atoms with E-state index in [-0.39, 0.29) is 180 Å². The van der Waals surface area contributed by atoms with Crippen LogP contribution in [0.5, 0.6) is 5.75 Å². The van der Waals surface area contributed by atoms with Crippen molar-refractivity contribution in [2.45, 2.75) is 46.8 Å². The molecule has 8 rings (SSSR count). The predicted molar refractivity (Wildman–Crippen MR) is 318 cm³/mol. The Kier molecular flexibility index (Phi) is 36.5. The quantitative estimate of drug-likeness (QED) is 0.0114. The smallest absolute Gasteiger partial charge is 0.744 e. The van der Waals surface area contributed by atoms with Gasteiger partial charge in [-0.1, -0.05) is 65.6 Å². The normalized spacial score (nSPS) is 12.8. The topological polar surface area (TPSA) is 529 Å². The Labute approximate surface area is 663 Å². The molecule has 1 aliphatic rings. The first-order valence-corrected chi connectivity index (χ1v) is 34.9. The number of phenolic OH excluding ortho intramolecular Hbond substituents is 1. The fraction of sp³-hybridized carbons (Fsp3) is 0.154. The van der Waals surface area contributed by atoms with Crippen LogP contribution >= 0.6 is 0 Å². The number of benzene rings is 7. The molecule has 7 aromatic carbocycles. The number of hydrogen-bond acceptors (Lipinski definition) is 32. The van der Waals surface area contributed by atoms with Gasteiger partial charge in [0.15, 0.2) is 25.4 Å². The van der Waals surface area contributed by atoms with Gasteiger partial charge in [-0.2, -0.15) is 37.7 Å². The van der Waals surface area contributed by atoms with Crippen LogP contribution in [0.4, 0.5) is 45.5 Å². The SMILES string of the molecule is CCc1ccc2c(c1N=Nc1ccc(S(=O)(=O)CCOS(=O)(=O)[O-])cc1)C=[C-]C(=NNc1ccc(C)cc1)C2=O.Cc1ccc(N=Nc2c(S(=O)(=O)[O-])cc3cc(S(=O)(=O)[O-])c(N=Nc4ccc(S(=O)(=O)CCOS(=O)(=O)[O-])cc4)c(O)c3c2N)cc1.O=S(=O)=O.[Na+].[Na+].[Na+].[Na+].[Na+]. The largest absolute Gasteiger partial charge is 1.00 e. The number of carbonyl (C=O) groups excluding carboxylic acids is 1. The summed E-state index contributed by atoms with van der Waals surface area (Å²) in [7, 11) is -32.0. The zero-order valence-electron chi connectivity index (χ0n) is 51.7. The van der Waals surface area contributed by atoms with Crippen molar-refractivity contribution in [2.24, 2.45) is 35.8 Å². The van der Waals surface area contributed by atoms with Crippen LogP contribution in [0, 0.1) is 19.9 Å². The van der Waals surface area contributed by atoms with Gasteiger partial charge in [-0.05, 0) is 116 Å². The van der Waals surface area contributed by atoms with Crippen LogP contribution in [0.15, 0.2) is 177 Å². The molecule has 0 saturated heterocycles. The molecule has 0 saturated carbocycles. The van der Waals surface area contributed by atoms with Crippen molar-refractivity contribution >= 4 is 145 Å². The van der Waals surface area contributed by atoms with E-state index in [1.165, 1.54) is 36.4 Å². The first-order valence-electron chi connectivity index (χ1n) is 25.1. The Balaban J connectivity index is 0.000000874. The summed E-state index contributed by atoms with van der Waals surface area (Å²) in [5, 5.41) is 38.0. The molecule has 32 nitrogen and oxygen atoms in total. The summed E-state index contributed by atoms with van der Waals surface area (Å²) in [6, 6.07) is 28.4. The Morgan fingerprint density at radius 1 is 0.552 bits per heavy atom. The van der Waals surface area contributed by atoms with Gasteiger partial charge in [-0.25, -0.2) is 50.5 Å². The maximum absolute atomic E-state index is 13.1. The molecule has 0 heterocycles. The third-order valence-electron chi connectivity index (χ3n) is 12.1. The number of hydrogen-bond donors (Lipinski definition) is 3. The van der Waals surface area contributed by atoms with Gasteiger partial charge in [-0.3, -0.25) is 13.8 Å². The Morgan fingerprint density at radius 2 is 0.938 bits per heavy atom. The van der Waals surface area contributed by atoms with E-state index in [0.717, 1.165) is 46.6 Å². The molecular weight excluding hydrogens is 1460 g/mol. The minimum Gasteiger partial charge on any atom is -0.744 e. The fourth-order valence-corrected chi connectivity index (χ4v) is 12.0. The molecule has 0 fully saturated rings. The maximum atomic E-state index is 13.1. The van der Waals surface area contributed by atoms with Crippen LogP contribution in [0.1, 0.15) is 39.5 Å². The number of allylic oxidation sites excluding steroid dienone is 1. The van der Waals surface area contributed by atoms with Gasteiger partial charge in [0.25, 0.3) is 0 Å². The van der Waals surface area contributed by atoms with Crippen molar-refractivity contribution in [3.63, 3.8) is 0 Å². The van der Waals surface area contributed by atoms with Gasteiger partial charge in [0.1, 0.15) is 31.6 Å². The summed E-state index contributed by atoms with van der Waals surface area (Å²) >= 11 is 0. The van der Waals surface area contributed by atoms with E-state index < -0.39 is 139 Å². The second-order valence-corrected chi connectivity index (χ2v) is 27.8. The molecule has 44 heteroatoms. The number of anilines is 2. The molecule has 0 amide bonds. The first-order chi connectivity index (χ1) is 42.4. The monoisotopic (exact) mass is 1500 g/mol. The van der Waals surface area contributed by atoms with Crippen LogP contribution in [0.25, 0.3) is 16.8 Å². The number of fused-ring (bicyclic) bond motifs is 2. The van der Waals surface area contributed by atoms with Crippen molar-refractivity contribution in [3.8, 4) is 5.75 Å². The number of Topliss-reactive ketones (excluding diaryl/α,β-unsaturated/α-hetero) is 1. The van der Waals surface area contributed by atoms with Gasteiger partial charge in [-0.15, -0.1) is 22.9 Å². The molecule has 7 aromatic rings. The summed E-state index contributed by atoms with van der Waals surface area (Å²) in [5.74, 6) is -2.94. The number of nitrogens with two attached hydrogens (primary N) is 1. The number of rotatable bonds is 21. The minimum absolute atomic E-state index is 0. The molecule has 96 heavy (non-hydrogen) atoms. The van der Waals surface area contributed by atoms with E-state index in [9.17, 15) is 78.6 Å². The van der Waals surface area contributed by atoms with Crippen molar-refractivity contribution in [3.05, 3.63) is 155 Å². The average molecular weight is 1500 g/mol. The number of ketones is 1. The van der Waals surface area contributed by atoms with Crippen LogP contribution in [-0.2, 0) is 86.1 Å². The van der Waals surface area contributed by atoms with Crippen molar-refractivity contribution in [2.75, 3.05) is 35.9 Å². The van der Waals surface area contributed by atoms with Gasteiger partial charge < -0.3 is 33.8 Å². The predicted octanol–water partition coefficient (Wildman–Crippen LogP) is -7.95. The Bertz CT molecular complexity index is 4980. The number of azo groups is 3. The number of nitrogens with zero attached hydrogens (tertiary/aromatic N) is 7. The molecule has 0 radical (unpaired) electrons. The summed E-state index contributed by atoms with van der Waals surface area (Å²) in [4.78, 5) is 10.5. The molecule has 0 spiro atoms. The number of carbonyl (C=O) groups is 1. The van der Waals surface area contributed by atoms with Gasteiger partial charge in [0.2, 0.25) is 20.8 Å². The van der Waals surface area contributed by atoms with Crippen LogP contribution in [0.3, 0.4) is 0 Å². The number of hydrazone groups is 1. The minimum atomic E-state index is -5.45. The van der Waals surface area contributed by atoms with Crippen molar-refractivity contribution < 1.29 is 247 Å². The summed E-state index contributed by atoms with van der Waals surface area (Å²) < 4.78 is 219. The molecule has 0 bridgehead atoms. The molecule has 0 unspecified atom stereocenters. The summed E-state index contributed by atoms with van der Waals surface area (Å²) in [5.41, 5.74) is 12.3. The number of nitrogens with one attached hydrogen (secondary N) is 1. The zero-order valence-corrected chi connectivity index (χ0v) is 67.4. The van der Waals surface area contributed by atoms with Gasteiger partial charge in [0, 0.05) is 11.4 Å².